The number of anilines is 1. The Kier molecular flexibility index (Phi) is 5.11. The quantitative estimate of drug-likeness (QED) is 0.387. The fourth-order valence-electron chi connectivity index (χ4n) is 2.29. The highest BCUT2D eigenvalue weighted by Crippen LogP contribution is 2.27. The van der Waals surface area contributed by atoms with Gasteiger partial charge in [-0.25, -0.2) is 0 Å². The number of amides is 1. The number of nitro groups is 1. The predicted molar refractivity (Wildman–Crippen MR) is 100 cm³/mol. The van der Waals surface area contributed by atoms with Crippen molar-refractivity contribution in [2.75, 3.05) is 5.32 Å². The zero-order valence-corrected chi connectivity index (χ0v) is 14.7. The van der Waals surface area contributed by atoms with Gasteiger partial charge >= 0.3 is 5.00 Å². The topological polar surface area (TPSA) is 89.3 Å². The van der Waals surface area contributed by atoms with Gasteiger partial charge in [0, 0.05) is 22.2 Å². The first-order valence-electron chi connectivity index (χ1n) is 7.40. The van der Waals surface area contributed by atoms with Crippen molar-refractivity contribution < 1.29 is 14.5 Å². The van der Waals surface area contributed by atoms with E-state index in [-0.39, 0.29) is 26.9 Å². The maximum Gasteiger partial charge on any atom is 0.324 e. The minimum absolute atomic E-state index is 0.133. The van der Waals surface area contributed by atoms with Crippen LogP contribution in [0.5, 0.6) is 0 Å². The lowest BCUT2D eigenvalue weighted by Crippen LogP contribution is -2.14. The molecule has 1 amide bonds. The number of rotatable bonds is 5. The van der Waals surface area contributed by atoms with Gasteiger partial charge in [0.05, 0.1) is 15.5 Å². The average Bonchev–Trinajstić information content (AvgIpc) is 3.14. The highest BCUT2D eigenvalue weighted by Gasteiger charge is 2.19. The van der Waals surface area contributed by atoms with E-state index in [2.05, 4.69) is 5.32 Å². The zero-order valence-electron chi connectivity index (χ0n) is 13.1. The summed E-state index contributed by atoms with van der Waals surface area (Å²) in [5.41, 5.74) is 0.976. The van der Waals surface area contributed by atoms with Crippen LogP contribution in [0.4, 0.5) is 10.7 Å². The van der Waals surface area contributed by atoms with Gasteiger partial charge in [-0.15, -0.1) is 0 Å². The van der Waals surface area contributed by atoms with Gasteiger partial charge in [-0.2, -0.15) is 0 Å². The Hall–Kier alpha value is -3.03. The number of nitrogens with zero attached hydrogens (tertiary/aromatic N) is 1. The highest BCUT2D eigenvalue weighted by molar-refractivity contribution is 7.17. The third kappa shape index (κ3) is 3.79. The van der Waals surface area contributed by atoms with Crippen LogP contribution in [0, 0.1) is 10.1 Å². The molecular formula is C18H11ClN2O4S. The number of ketones is 1. The van der Waals surface area contributed by atoms with Crippen LogP contribution in [0.1, 0.15) is 25.6 Å². The van der Waals surface area contributed by atoms with Crippen molar-refractivity contribution in [3.63, 3.8) is 0 Å². The van der Waals surface area contributed by atoms with Crippen molar-refractivity contribution in [2.24, 2.45) is 0 Å². The molecule has 0 unspecified atom stereocenters. The summed E-state index contributed by atoms with van der Waals surface area (Å²) in [5.74, 6) is -0.826. The molecule has 0 fully saturated rings. The molecule has 3 aromatic rings. The smallest absolute Gasteiger partial charge is 0.321 e. The third-order valence-electron chi connectivity index (χ3n) is 3.51. The average molecular weight is 387 g/mol. The summed E-state index contributed by atoms with van der Waals surface area (Å²) in [4.78, 5) is 35.5. The lowest BCUT2D eigenvalue weighted by atomic mass is 10.0. The number of nitrogens with one attached hydrogen (secondary N) is 1. The Morgan fingerprint density at radius 2 is 1.77 bits per heavy atom. The predicted octanol–water partition coefficient (Wildman–Crippen LogP) is 4.79. The monoisotopic (exact) mass is 386 g/mol. The van der Waals surface area contributed by atoms with E-state index in [0.29, 0.717) is 10.6 Å². The van der Waals surface area contributed by atoms with Crippen molar-refractivity contribution in [1.29, 1.82) is 0 Å². The van der Waals surface area contributed by atoms with E-state index in [0.717, 1.165) is 11.3 Å². The Labute approximate surface area is 157 Å². The van der Waals surface area contributed by atoms with E-state index in [1.54, 1.807) is 36.4 Å². The largest absolute Gasteiger partial charge is 0.324 e. The van der Waals surface area contributed by atoms with E-state index < -0.39 is 10.8 Å². The molecular weight excluding hydrogens is 376 g/mol. The van der Waals surface area contributed by atoms with E-state index >= 15 is 0 Å². The summed E-state index contributed by atoms with van der Waals surface area (Å²) >= 11 is 6.76. The van der Waals surface area contributed by atoms with Gasteiger partial charge in [-0.3, -0.25) is 19.7 Å². The van der Waals surface area contributed by atoms with Crippen LogP contribution in [0.15, 0.2) is 60.7 Å². The molecule has 0 aliphatic heterocycles. The molecule has 8 heteroatoms. The van der Waals surface area contributed by atoms with Crippen molar-refractivity contribution in [2.45, 2.75) is 0 Å². The number of carbonyl (C=O) groups excluding carboxylic acids is 2. The molecule has 0 atom stereocenters. The maximum absolute atomic E-state index is 12.7. The number of thiophene rings is 1. The molecule has 26 heavy (non-hydrogen) atoms. The van der Waals surface area contributed by atoms with Crippen molar-refractivity contribution in [1.82, 2.24) is 0 Å². The summed E-state index contributed by atoms with van der Waals surface area (Å²) in [7, 11) is 0. The van der Waals surface area contributed by atoms with Gasteiger partial charge in [-0.1, -0.05) is 53.3 Å². The number of benzene rings is 2. The number of halogens is 1. The molecule has 6 nitrogen and oxygen atoms in total. The lowest BCUT2D eigenvalue weighted by Gasteiger charge is -2.10. The molecule has 2 aromatic carbocycles. The number of hydrogen-bond acceptors (Lipinski definition) is 5. The van der Waals surface area contributed by atoms with Gasteiger partial charge < -0.3 is 5.32 Å². The molecule has 0 aliphatic carbocycles. The fraction of sp³-hybridized carbons (Fsp3) is 0. The molecule has 0 bridgehead atoms. The summed E-state index contributed by atoms with van der Waals surface area (Å²) in [5, 5.41) is 13.6. The summed E-state index contributed by atoms with van der Waals surface area (Å²) in [6.07, 6.45) is 0. The molecule has 1 heterocycles. The van der Waals surface area contributed by atoms with E-state index in [1.165, 1.54) is 24.3 Å². The van der Waals surface area contributed by atoms with Gasteiger partial charge in [-0.05, 0) is 24.3 Å². The van der Waals surface area contributed by atoms with Crippen LogP contribution in [-0.4, -0.2) is 16.6 Å². The number of carbonyl (C=O) groups is 2. The van der Waals surface area contributed by atoms with Crippen molar-refractivity contribution in [3.05, 3.63) is 91.8 Å². The molecule has 1 aromatic heterocycles. The maximum atomic E-state index is 12.7. The standard InChI is InChI=1S/C18H11ClN2O4S/c19-12-6-7-14(13(10-12)17(22)11-4-2-1-3-5-11)20-18(23)15-8-9-16(26-15)21(24)25/h1-10H,(H,20,23). The zero-order chi connectivity index (χ0) is 18.7. The second-order valence-electron chi connectivity index (χ2n) is 5.23. The van der Waals surface area contributed by atoms with E-state index in [1.807, 2.05) is 0 Å². The first kappa shape index (κ1) is 17.8. The lowest BCUT2D eigenvalue weighted by molar-refractivity contribution is -0.380. The molecule has 0 aliphatic rings. The summed E-state index contributed by atoms with van der Waals surface area (Å²) in [6, 6.07) is 15.8. The van der Waals surface area contributed by atoms with Crippen LogP contribution in [0.3, 0.4) is 0 Å². The van der Waals surface area contributed by atoms with Gasteiger partial charge in [0.15, 0.2) is 5.78 Å². The molecule has 3 rings (SSSR count). The molecule has 0 saturated carbocycles. The Bertz CT molecular complexity index is 1000. The summed E-state index contributed by atoms with van der Waals surface area (Å²) < 4.78 is 0. The first-order chi connectivity index (χ1) is 12.5. The molecule has 0 radical (unpaired) electrons. The second-order valence-corrected chi connectivity index (χ2v) is 6.73. The Morgan fingerprint density at radius 1 is 1.04 bits per heavy atom. The minimum Gasteiger partial charge on any atom is -0.321 e. The van der Waals surface area contributed by atoms with Crippen molar-refractivity contribution in [3.8, 4) is 0 Å². The van der Waals surface area contributed by atoms with Gasteiger partial charge in [0.2, 0.25) is 0 Å². The molecule has 0 saturated heterocycles. The normalized spacial score (nSPS) is 10.3. The minimum atomic E-state index is -0.561. The highest BCUT2D eigenvalue weighted by atomic mass is 35.5. The van der Waals surface area contributed by atoms with Crippen LogP contribution < -0.4 is 5.32 Å². The third-order valence-corrected chi connectivity index (χ3v) is 4.78. The van der Waals surface area contributed by atoms with Crippen LogP contribution in [0.2, 0.25) is 5.02 Å². The fourth-order valence-corrected chi connectivity index (χ4v) is 3.18. The first-order valence-corrected chi connectivity index (χ1v) is 8.60. The SMILES string of the molecule is O=C(Nc1ccc(Cl)cc1C(=O)c1ccccc1)c1ccc([N+](=O)[O-])s1. The van der Waals surface area contributed by atoms with Crippen LogP contribution in [-0.2, 0) is 0 Å². The molecule has 1 N–H and O–H groups in total. The summed E-state index contributed by atoms with van der Waals surface area (Å²) in [6.45, 7) is 0. The van der Waals surface area contributed by atoms with Crippen molar-refractivity contribution >= 4 is 45.3 Å². The van der Waals surface area contributed by atoms with Gasteiger partial charge in [0.1, 0.15) is 0 Å². The Morgan fingerprint density at radius 3 is 2.42 bits per heavy atom. The Balaban J connectivity index is 1.91. The van der Waals surface area contributed by atoms with E-state index in [4.69, 9.17) is 11.6 Å². The number of hydrogen-bond donors (Lipinski definition) is 1. The van der Waals surface area contributed by atoms with Crippen LogP contribution >= 0.6 is 22.9 Å². The second kappa shape index (κ2) is 7.47. The molecule has 130 valence electrons. The van der Waals surface area contributed by atoms with Gasteiger partial charge in [0.25, 0.3) is 5.91 Å². The van der Waals surface area contributed by atoms with Crippen LogP contribution in [0.25, 0.3) is 0 Å². The van der Waals surface area contributed by atoms with E-state index in [9.17, 15) is 19.7 Å². The molecule has 0 spiro atoms.